The highest BCUT2D eigenvalue weighted by molar-refractivity contribution is 5.83. The Hall–Kier alpha value is -2.36. The van der Waals surface area contributed by atoms with E-state index in [4.69, 9.17) is 0 Å². The summed E-state index contributed by atoms with van der Waals surface area (Å²) in [6.45, 7) is 2.23. The van der Waals surface area contributed by atoms with Crippen molar-refractivity contribution < 1.29 is 0 Å². The van der Waals surface area contributed by atoms with Gasteiger partial charge in [0.15, 0.2) is 0 Å². The summed E-state index contributed by atoms with van der Waals surface area (Å²) in [4.78, 5) is 14.7. The van der Waals surface area contributed by atoms with E-state index < -0.39 is 0 Å². The molecule has 3 aromatic heterocycles. The summed E-state index contributed by atoms with van der Waals surface area (Å²) in [7, 11) is 0. The lowest BCUT2D eigenvalue weighted by Gasteiger charge is -2.27. The number of aromatic amines is 1. The summed E-state index contributed by atoms with van der Waals surface area (Å²) in [5, 5.41) is 1.14. The Morgan fingerprint density at radius 1 is 0.952 bits per heavy atom. The smallest absolute Gasteiger partial charge is 0.137 e. The Morgan fingerprint density at radius 3 is 2.71 bits per heavy atom. The van der Waals surface area contributed by atoms with Crippen molar-refractivity contribution in [3.8, 4) is 11.3 Å². The largest absolute Gasteiger partial charge is 0.357 e. The molecule has 1 saturated heterocycles. The van der Waals surface area contributed by atoms with Gasteiger partial charge in [0.2, 0.25) is 0 Å². The number of hydrogen-bond acceptors (Lipinski definition) is 3. The molecule has 3 aromatic rings. The molecule has 106 valence electrons. The van der Waals surface area contributed by atoms with Gasteiger partial charge < -0.3 is 9.88 Å². The molecule has 1 fully saturated rings. The minimum Gasteiger partial charge on any atom is -0.357 e. The molecule has 4 rings (SSSR count). The molecule has 0 spiro atoms. The van der Waals surface area contributed by atoms with Crippen LogP contribution in [0.5, 0.6) is 0 Å². The molecule has 0 aromatic carbocycles. The van der Waals surface area contributed by atoms with Crippen LogP contribution in [0, 0.1) is 0 Å². The number of rotatable bonds is 2. The van der Waals surface area contributed by atoms with Crippen LogP contribution in [0.2, 0.25) is 0 Å². The van der Waals surface area contributed by atoms with Gasteiger partial charge in [0, 0.05) is 42.1 Å². The van der Waals surface area contributed by atoms with Crippen molar-refractivity contribution in [2.75, 3.05) is 18.0 Å². The zero-order chi connectivity index (χ0) is 14.1. The molecule has 1 aliphatic rings. The van der Waals surface area contributed by atoms with Crippen LogP contribution < -0.4 is 4.90 Å². The quantitative estimate of drug-likeness (QED) is 0.778. The second-order valence-electron chi connectivity index (χ2n) is 5.57. The van der Waals surface area contributed by atoms with Crippen LogP contribution in [0.15, 0.2) is 42.7 Å². The Morgan fingerprint density at radius 2 is 1.86 bits per heavy atom. The first kappa shape index (κ1) is 12.4. The fourth-order valence-corrected chi connectivity index (χ4v) is 3.00. The second-order valence-corrected chi connectivity index (χ2v) is 5.57. The molecule has 0 saturated carbocycles. The topological polar surface area (TPSA) is 44.8 Å². The predicted octanol–water partition coefficient (Wildman–Crippen LogP) is 3.62. The maximum absolute atomic E-state index is 4.54. The van der Waals surface area contributed by atoms with E-state index in [1.807, 2.05) is 18.5 Å². The molecule has 4 nitrogen and oxygen atoms in total. The molecule has 4 heterocycles. The zero-order valence-electron chi connectivity index (χ0n) is 11.9. The summed E-state index contributed by atoms with van der Waals surface area (Å²) >= 11 is 0. The molecule has 0 atom stereocenters. The third kappa shape index (κ3) is 2.37. The van der Waals surface area contributed by atoms with Gasteiger partial charge in [0.25, 0.3) is 0 Å². The summed E-state index contributed by atoms with van der Waals surface area (Å²) in [6, 6.07) is 10.4. The summed E-state index contributed by atoms with van der Waals surface area (Å²) < 4.78 is 0. The van der Waals surface area contributed by atoms with Gasteiger partial charge in [-0.05, 0) is 49.6 Å². The Bertz CT molecular complexity index is 723. The van der Waals surface area contributed by atoms with Crippen LogP contribution in [0.3, 0.4) is 0 Å². The van der Waals surface area contributed by atoms with Crippen LogP contribution in [0.1, 0.15) is 19.3 Å². The second kappa shape index (κ2) is 5.20. The molecular weight excluding hydrogens is 260 g/mol. The maximum Gasteiger partial charge on any atom is 0.137 e. The first-order valence-corrected chi connectivity index (χ1v) is 7.55. The van der Waals surface area contributed by atoms with Crippen molar-refractivity contribution in [3.63, 3.8) is 0 Å². The average Bonchev–Trinajstić information content (AvgIpc) is 3.00. The van der Waals surface area contributed by atoms with Crippen LogP contribution >= 0.6 is 0 Å². The standard InChI is InChI=1S/C17H18N4/c1-2-9-21(10-3-1)16-12-13(6-8-18-16)15-11-14-5-4-7-19-17(14)20-15/h4-8,11-12H,1-3,9-10H2,(H,19,20). The Labute approximate surface area is 123 Å². The molecule has 1 aliphatic heterocycles. The number of H-pyrrole nitrogens is 1. The van der Waals surface area contributed by atoms with E-state index in [2.05, 4.69) is 44.1 Å². The van der Waals surface area contributed by atoms with E-state index in [9.17, 15) is 0 Å². The first-order valence-electron chi connectivity index (χ1n) is 7.55. The number of piperidine rings is 1. The Kier molecular flexibility index (Phi) is 3.07. The van der Waals surface area contributed by atoms with E-state index >= 15 is 0 Å². The Balaban J connectivity index is 1.71. The number of aromatic nitrogens is 3. The van der Waals surface area contributed by atoms with Crippen LogP contribution in [0.4, 0.5) is 5.82 Å². The summed E-state index contributed by atoms with van der Waals surface area (Å²) in [6.07, 6.45) is 7.58. The van der Waals surface area contributed by atoms with Crippen molar-refractivity contribution in [1.82, 2.24) is 15.0 Å². The van der Waals surface area contributed by atoms with Crippen molar-refractivity contribution in [2.24, 2.45) is 0 Å². The number of nitrogens with zero attached hydrogens (tertiary/aromatic N) is 3. The van der Waals surface area contributed by atoms with Crippen molar-refractivity contribution >= 4 is 16.9 Å². The number of hydrogen-bond donors (Lipinski definition) is 1. The molecule has 4 heteroatoms. The van der Waals surface area contributed by atoms with Gasteiger partial charge in [-0.3, -0.25) is 0 Å². The number of anilines is 1. The van der Waals surface area contributed by atoms with E-state index in [0.29, 0.717) is 0 Å². The molecule has 0 unspecified atom stereocenters. The molecular formula is C17H18N4. The molecule has 0 aliphatic carbocycles. The van der Waals surface area contributed by atoms with E-state index in [1.54, 1.807) is 0 Å². The van der Waals surface area contributed by atoms with Crippen molar-refractivity contribution in [1.29, 1.82) is 0 Å². The molecule has 0 amide bonds. The first-order chi connectivity index (χ1) is 10.4. The predicted molar refractivity (Wildman–Crippen MR) is 85.4 cm³/mol. The highest BCUT2D eigenvalue weighted by Gasteiger charge is 2.13. The number of fused-ring (bicyclic) bond motifs is 1. The van der Waals surface area contributed by atoms with Gasteiger partial charge in [-0.1, -0.05) is 0 Å². The third-order valence-corrected chi connectivity index (χ3v) is 4.13. The molecule has 0 radical (unpaired) electrons. The molecule has 21 heavy (non-hydrogen) atoms. The van der Waals surface area contributed by atoms with Crippen molar-refractivity contribution in [3.05, 3.63) is 42.7 Å². The highest BCUT2D eigenvalue weighted by Crippen LogP contribution is 2.26. The number of nitrogens with one attached hydrogen (secondary N) is 1. The lowest BCUT2D eigenvalue weighted by atomic mass is 10.1. The van der Waals surface area contributed by atoms with Gasteiger partial charge in [-0.25, -0.2) is 9.97 Å². The van der Waals surface area contributed by atoms with Gasteiger partial charge >= 0.3 is 0 Å². The minimum absolute atomic E-state index is 0.934. The van der Waals surface area contributed by atoms with Gasteiger partial charge in [-0.15, -0.1) is 0 Å². The zero-order valence-corrected chi connectivity index (χ0v) is 11.9. The SMILES string of the molecule is c1cnc2[nH]c(-c3ccnc(N4CCCCC4)c3)cc2c1. The van der Waals surface area contributed by atoms with Gasteiger partial charge in [0.1, 0.15) is 11.5 Å². The van der Waals surface area contributed by atoms with Crippen LogP contribution in [0.25, 0.3) is 22.3 Å². The molecule has 0 bridgehead atoms. The normalized spacial score (nSPS) is 15.5. The van der Waals surface area contributed by atoms with Gasteiger partial charge in [-0.2, -0.15) is 0 Å². The van der Waals surface area contributed by atoms with Crippen LogP contribution in [-0.2, 0) is 0 Å². The highest BCUT2D eigenvalue weighted by atomic mass is 15.2. The van der Waals surface area contributed by atoms with Crippen molar-refractivity contribution in [2.45, 2.75) is 19.3 Å². The average molecular weight is 278 g/mol. The maximum atomic E-state index is 4.54. The lowest BCUT2D eigenvalue weighted by Crippen LogP contribution is -2.30. The van der Waals surface area contributed by atoms with E-state index in [0.717, 1.165) is 35.6 Å². The van der Waals surface area contributed by atoms with Gasteiger partial charge in [0.05, 0.1) is 0 Å². The van der Waals surface area contributed by atoms with E-state index in [1.165, 1.54) is 24.8 Å². The minimum atomic E-state index is 0.934. The van der Waals surface area contributed by atoms with Crippen LogP contribution in [-0.4, -0.2) is 28.0 Å². The summed E-state index contributed by atoms with van der Waals surface area (Å²) in [5.41, 5.74) is 3.21. The number of pyridine rings is 2. The molecule has 1 N–H and O–H groups in total. The third-order valence-electron chi connectivity index (χ3n) is 4.13. The lowest BCUT2D eigenvalue weighted by molar-refractivity contribution is 0.573. The fourth-order valence-electron chi connectivity index (χ4n) is 3.00. The van der Waals surface area contributed by atoms with E-state index in [-0.39, 0.29) is 0 Å². The fraction of sp³-hybridized carbons (Fsp3) is 0.294. The monoisotopic (exact) mass is 278 g/mol. The summed E-state index contributed by atoms with van der Waals surface area (Å²) in [5.74, 6) is 1.08.